The van der Waals surface area contributed by atoms with Crippen molar-refractivity contribution in [3.8, 4) is 0 Å². The van der Waals surface area contributed by atoms with Crippen molar-refractivity contribution in [2.24, 2.45) is 17.8 Å². The number of carbonyl (C=O) groups is 3. The summed E-state index contributed by atoms with van der Waals surface area (Å²) in [5.41, 5.74) is 0.222. The first-order valence-corrected chi connectivity index (χ1v) is 12.8. The van der Waals surface area contributed by atoms with Gasteiger partial charge in [-0.25, -0.2) is 9.59 Å². The van der Waals surface area contributed by atoms with Crippen LogP contribution < -0.4 is 10.6 Å². The first kappa shape index (κ1) is 21.4. The second-order valence-corrected chi connectivity index (χ2v) is 11.3. The van der Waals surface area contributed by atoms with E-state index in [0.29, 0.717) is 23.3 Å². The van der Waals surface area contributed by atoms with Gasteiger partial charge in [-0.2, -0.15) is 0 Å². The van der Waals surface area contributed by atoms with Gasteiger partial charge in [0.15, 0.2) is 6.61 Å². The minimum Gasteiger partial charge on any atom is -0.452 e. The molecule has 4 bridgehead atoms. The average Bonchev–Trinajstić information content (AvgIpc) is 3.42. The number of nitrogens with one attached hydrogen (secondary N) is 2. The first-order valence-electron chi connectivity index (χ1n) is 11.1. The third kappa shape index (κ3) is 4.66. The van der Waals surface area contributed by atoms with E-state index in [-0.39, 0.29) is 5.54 Å². The Morgan fingerprint density at radius 1 is 1.00 bits per heavy atom. The van der Waals surface area contributed by atoms with Crippen LogP contribution in [0.1, 0.15) is 48.3 Å². The van der Waals surface area contributed by atoms with E-state index in [1.165, 1.54) is 41.9 Å². The monoisotopic (exact) mass is 470 g/mol. The van der Waals surface area contributed by atoms with Crippen molar-refractivity contribution >= 4 is 52.2 Å². The number of carbonyl (C=O) groups excluding carboxylic acids is 3. The second kappa shape index (κ2) is 8.83. The fourth-order valence-electron chi connectivity index (χ4n) is 6.09. The SMILES string of the molecule is O=C(COC(=O)/C(=C/c1cccs1)c1cccs1)NC(=O)NC12CC3CC(CC(C3)C1)C2. The highest BCUT2D eigenvalue weighted by molar-refractivity contribution is 7.12. The molecule has 32 heavy (non-hydrogen) atoms. The van der Waals surface area contributed by atoms with Crippen molar-refractivity contribution < 1.29 is 19.1 Å². The van der Waals surface area contributed by atoms with Gasteiger partial charge in [0, 0.05) is 15.3 Å². The van der Waals surface area contributed by atoms with Gasteiger partial charge >= 0.3 is 12.0 Å². The van der Waals surface area contributed by atoms with Gasteiger partial charge in [0.2, 0.25) is 0 Å². The fraction of sp³-hybridized carbons (Fsp3) is 0.458. The zero-order chi connectivity index (χ0) is 22.1. The fourth-order valence-corrected chi connectivity index (χ4v) is 7.47. The molecule has 168 valence electrons. The van der Waals surface area contributed by atoms with Crippen molar-refractivity contribution in [3.63, 3.8) is 0 Å². The molecule has 0 saturated heterocycles. The zero-order valence-electron chi connectivity index (χ0n) is 17.7. The van der Waals surface area contributed by atoms with Crippen LogP contribution in [0.3, 0.4) is 0 Å². The third-order valence-electron chi connectivity index (χ3n) is 6.84. The van der Waals surface area contributed by atoms with E-state index in [4.69, 9.17) is 4.74 Å². The van der Waals surface area contributed by atoms with Gasteiger partial charge in [-0.05, 0) is 85.2 Å². The number of hydrogen-bond donors (Lipinski definition) is 2. The summed E-state index contributed by atoms with van der Waals surface area (Å²) in [6.07, 6.45) is 8.62. The summed E-state index contributed by atoms with van der Waals surface area (Å²) in [4.78, 5) is 39.2. The van der Waals surface area contributed by atoms with Crippen LogP contribution in [0.4, 0.5) is 4.79 Å². The van der Waals surface area contributed by atoms with Gasteiger partial charge in [0.1, 0.15) is 0 Å². The Bertz CT molecular complexity index is 991. The van der Waals surface area contributed by atoms with Gasteiger partial charge in [0.05, 0.1) is 5.57 Å². The molecule has 2 aromatic rings. The van der Waals surface area contributed by atoms with E-state index >= 15 is 0 Å². The summed E-state index contributed by atoms with van der Waals surface area (Å²) >= 11 is 2.94. The molecule has 0 unspecified atom stereocenters. The molecule has 2 N–H and O–H groups in total. The molecule has 0 spiro atoms. The molecule has 2 heterocycles. The Labute approximate surface area is 195 Å². The number of urea groups is 1. The molecule has 4 fully saturated rings. The molecule has 4 aliphatic rings. The summed E-state index contributed by atoms with van der Waals surface area (Å²) in [6, 6.07) is 7.03. The molecule has 4 saturated carbocycles. The Morgan fingerprint density at radius 2 is 1.66 bits per heavy atom. The Morgan fingerprint density at radius 3 is 2.25 bits per heavy atom. The Balaban J connectivity index is 1.16. The number of thiophene rings is 2. The summed E-state index contributed by atoms with van der Waals surface area (Å²) < 4.78 is 5.25. The van der Waals surface area contributed by atoms with Crippen molar-refractivity contribution in [1.82, 2.24) is 10.6 Å². The van der Waals surface area contributed by atoms with Crippen molar-refractivity contribution in [2.45, 2.75) is 44.1 Å². The predicted octanol–water partition coefficient (Wildman–Crippen LogP) is 4.69. The standard InChI is InChI=1S/C24H26N2O4S2/c27-21(25-23(29)26-24-11-15-7-16(12-24)9-17(8-15)13-24)14-30-22(28)19(20-4-2-6-32-20)10-18-3-1-5-31-18/h1-6,10,15-17H,7-9,11-14H2,(H2,25,26,27,29)/b19-10+. The molecule has 0 atom stereocenters. The largest absolute Gasteiger partial charge is 0.452 e. The van der Waals surface area contributed by atoms with Crippen molar-refractivity contribution in [3.05, 3.63) is 44.8 Å². The first-order chi connectivity index (χ1) is 15.5. The quantitative estimate of drug-likeness (QED) is 0.474. The number of rotatable bonds is 6. The van der Waals surface area contributed by atoms with Crippen LogP contribution in [0.25, 0.3) is 11.6 Å². The zero-order valence-corrected chi connectivity index (χ0v) is 19.3. The van der Waals surface area contributed by atoms with E-state index in [0.717, 1.165) is 29.0 Å². The van der Waals surface area contributed by atoms with Crippen LogP contribution in [-0.4, -0.2) is 30.1 Å². The predicted molar refractivity (Wildman–Crippen MR) is 125 cm³/mol. The van der Waals surface area contributed by atoms with Gasteiger partial charge in [-0.3, -0.25) is 10.1 Å². The molecule has 4 aliphatic carbocycles. The lowest BCUT2D eigenvalue weighted by Crippen LogP contribution is -2.62. The van der Waals surface area contributed by atoms with Crippen LogP contribution in [0.15, 0.2) is 35.0 Å². The average molecular weight is 471 g/mol. The Kier molecular flexibility index (Phi) is 5.90. The lowest BCUT2D eigenvalue weighted by Gasteiger charge is -2.56. The lowest BCUT2D eigenvalue weighted by molar-refractivity contribution is -0.142. The van der Waals surface area contributed by atoms with E-state index in [1.807, 2.05) is 35.0 Å². The summed E-state index contributed by atoms with van der Waals surface area (Å²) in [5.74, 6) is 0.886. The van der Waals surface area contributed by atoms with Crippen molar-refractivity contribution in [2.75, 3.05) is 6.61 Å². The highest BCUT2D eigenvalue weighted by atomic mass is 32.1. The molecule has 0 aromatic carbocycles. The molecule has 0 aliphatic heterocycles. The highest BCUT2D eigenvalue weighted by Gasteiger charge is 2.51. The topological polar surface area (TPSA) is 84.5 Å². The van der Waals surface area contributed by atoms with Gasteiger partial charge in [-0.15, -0.1) is 22.7 Å². The normalized spacial score (nSPS) is 28.4. The maximum atomic E-state index is 12.7. The van der Waals surface area contributed by atoms with Crippen LogP contribution in [0, 0.1) is 17.8 Å². The minimum absolute atomic E-state index is 0.175. The number of imide groups is 1. The molecule has 2 aromatic heterocycles. The van der Waals surface area contributed by atoms with Crippen LogP contribution in [0.5, 0.6) is 0 Å². The summed E-state index contributed by atoms with van der Waals surface area (Å²) in [6.45, 7) is -0.500. The van der Waals surface area contributed by atoms with E-state index in [2.05, 4.69) is 10.6 Å². The van der Waals surface area contributed by atoms with Crippen molar-refractivity contribution in [1.29, 1.82) is 0 Å². The Hall–Kier alpha value is -2.45. The number of esters is 1. The maximum Gasteiger partial charge on any atom is 0.340 e. The van der Waals surface area contributed by atoms with Crippen LogP contribution in [0.2, 0.25) is 0 Å². The molecule has 6 rings (SSSR count). The molecule has 8 heteroatoms. The van der Waals surface area contributed by atoms with E-state index in [9.17, 15) is 14.4 Å². The second-order valence-electron chi connectivity index (χ2n) is 9.33. The van der Waals surface area contributed by atoms with Gasteiger partial charge in [-0.1, -0.05) is 12.1 Å². The third-order valence-corrected chi connectivity index (χ3v) is 8.56. The molecular formula is C24H26N2O4S2. The molecule has 0 radical (unpaired) electrons. The van der Waals surface area contributed by atoms with E-state index < -0.39 is 24.5 Å². The van der Waals surface area contributed by atoms with Crippen LogP contribution in [-0.2, 0) is 14.3 Å². The molecule has 3 amide bonds. The molecular weight excluding hydrogens is 444 g/mol. The number of ether oxygens (including phenoxy) is 1. The van der Waals surface area contributed by atoms with Gasteiger partial charge < -0.3 is 10.1 Å². The van der Waals surface area contributed by atoms with Crippen LogP contribution >= 0.6 is 22.7 Å². The number of hydrogen-bond acceptors (Lipinski definition) is 6. The van der Waals surface area contributed by atoms with Gasteiger partial charge in [0.25, 0.3) is 5.91 Å². The smallest absolute Gasteiger partial charge is 0.340 e. The summed E-state index contributed by atoms with van der Waals surface area (Å²) in [7, 11) is 0. The maximum absolute atomic E-state index is 12.7. The highest BCUT2D eigenvalue weighted by Crippen LogP contribution is 2.55. The summed E-state index contributed by atoms with van der Waals surface area (Å²) in [5, 5.41) is 9.26. The molecule has 6 nitrogen and oxygen atoms in total. The number of amides is 3. The minimum atomic E-state index is -0.623. The van der Waals surface area contributed by atoms with E-state index in [1.54, 1.807) is 6.08 Å². The lowest BCUT2D eigenvalue weighted by atomic mass is 9.53.